The molecule has 0 aromatic rings. The molecule has 60 valence electrons. The highest BCUT2D eigenvalue weighted by Gasteiger charge is 2.29. The Morgan fingerprint density at radius 1 is 1.40 bits per heavy atom. The molecule has 1 N–H and O–H groups in total. The molecule has 10 heavy (non-hydrogen) atoms. The van der Waals surface area contributed by atoms with Gasteiger partial charge in [0.2, 0.25) is 0 Å². The quantitative estimate of drug-likeness (QED) is 0.454. The standard InChI is InChI=1S/C4H10O4SSi/c5-9(6,7)10-4-2-1-3-8-10/h10H,1-4H2,(H,5,6,7). The van der Waals surface area contributed by atoms with Gasteiger partial charge in [0.25, 0.3) is 9.57 Å². The van der Waals surface area contributed by atoms with E-state index in [1.807, 2.05) is 0 Å². The van der Waals surface area contributed by atoms with Crippen molar-refractivity contribution in [2.75, 3.05) is 6.61 Å². The highest BCUT2D eigenvalue weighted by atomic mass is 32.4. The fourth-order valence-corrected chi connectivity index (χ4v) is 4.83. The van der Waals surface area contributed by atoms with E-state index in [9.17, 15) is 8.42 Å². The van der Waals surface area contributed by atoms with Crippen LogP contribution in [0, 0.1) is 0 Å². The fraction of sp³-hybridized carbons (Fsp3) is 1.00. The third-order valence-electron chi connectivity index (χ3n) is 1.47. The van der Waals surface area contributed by atoms with Gasteiger partial charge in [-0.3, -0.25) is 4.55 Å². The van der Waals surface area contributed by atoms with Gasteiger partial charge in [0.15, 0.2) is 0 Å². The summed E-state index contributed by atoms with van der Waals surface area (Å²) in [5, 5.41) is 0. The van der Waals surface area contributed by atoms with Crippen molar-refractivity contribution in [3.05, 3.63) is 0 Å². The van der Waals surface area contributed by atoms with E-state index in [0.717, 1.165) is 12.8 Å². The van der Waals surface area contributed by atoms with Crippen LogP contribution in [0.25, 0.3) is 0 Å². The Labute approximate surface area is 61.3 Å². The molecule has 0 spiro atoms. The summed E-state index contributed by atoms with van der Waals surface area (Å²) in [6.07, 6.45) is 1.79. The zero-order valence-electron chi connectivity index (χ0n) is 5.49. The molecule has 1 fully saturated rings. The van der Waals surface area contributed by atoms with Crippen molar-refractivity contribution in [2.24, 2.45) is 0 Å². The maximum Gasteiger partial charge on any atom is 0.347 e. The highest BCUT2D eigenvalue weighted by Crippen LogP contribution is 2.13. The van der Waals surface area contributed by atoms with Gasteiger partial charge in [0, 0.05) is 6.61 Å². The lowest BCUT2D eigenvalue weighted by atomic mass is 10.4. The molecule has 0 aliphatic carbocycles. The molecule has 0 bridgehead atoms. The molecule has 1 aliphatic rings. The Hall–Kier alpha value is 0.0869. The zero-order valence-corrected chi connectivity index (χ0v) is 7.46. The predicted octanol–water partition coefficient (Wildman–Crippen LogP) is -0.0949. The van der Waals surface area contributed by atoms with E-state index in [1.54, 1.807) is 0 Å². The van der Waals surface area contributed by atoms with Crippen molar-refractivity contribution in [3.8, 4) is 0 Å². The first-order valence-electron chi connectivity index (χ1n) is 3.18. The summed E-state index contributed by atoms with van der Waals surface area (Å²) in [6, 6.07) is 0.554. The van der Waals surface area contributed by atoms with Gasteiger partial charge in [-0.15, -0.1) is 0 Å². The summed E-state index contributed by atoms with van der Waals surface area (Å²) in [5.41, 5.74) is 0. The van der Waals surface area contributed by atoms with E-state index >= 15 is 0 Å². The summed E-state index contributed by atoms with van der Waals surface area (Å²) in [7, 11) is -6.10. The van der Waals surface area contributed by atoms with E-state index in [2.05, 4.69) is 0 Å². The van der Waals surface area contributed by atoms with Gasteiger partial charge in [-0.25, -0.2) is 8.42 Å². The molecule has 4 nitrogen and oxygen atoms in total. The molecular weight excluding hydrogens is 172 g/mol. The van der Waals surface area contributed by atoms with Gasteiger partial charge in [-0.1, -0.05) is 6.42 Å². The summed E-state index contributed by atoms with van der Waals surface area (Å²) in [6.45, 7) is 0.497. The minimum atomic E-state index is -3.81. The van der Waals surface area contributed by atoms with Crippen LogP contribution in [0.2, 0.25) is 6.04 Å². The fourth-order valence-electron chi connectivity index (χ4n) is 0.946. The smallest absolute Gasteiger partial charge is 0.347 e. The van der Waals surface area contributed by atoms with Gasteiger partial charge >= 0.3 is 8.19 Å². The molecule has 0 saturated carbocycles. The van der Waals surface area contributed by atoms with E-state index in [-0.39, 0.29) is 0 Å². The Morgan fingerprint density at radius 2 is 2.10 bits per heavy atom. The second-order valence-electron chi connectivity index (χ2n) is 2.31. The average Bonchev–Trinajstić information content (AvgIpc) is 1.88. The third-order valence-corrected chi connectivity index (χ3v) is 6.73. The maximum absolute atomic E-state index is 10.5. The molecule has 1 unspecified atom stereocenters. The first-order valence-corrected chi connectivity index (χ1v) is 7.39. The molecule has 0 amide bonds. The van der Waals surface area contributed by atoms with Crippen molar-refractivity contribution < 1.29 is 17.4 Å². The first-order chi connectivity index (χ1) is 4.61. The van der Waals surface area contributed by atoms with Crippen molar-refractivity contribution in [1.82, 2.24) is 0 Å². The summed E-state index contributed by atoms with van der Waals surface area (Å²) < 4.78 is 34.5. The Balaban J connectivity index is 2.56. The summed E-state index contributed by atoms with van der Waals surface area (Å²) in [4.78, 5) is 0. The van der Waals surface area contributed by atoms with Crippen LogP contribution in [0.1, 0.15) is 12.8 Å². The van der Waals surface area contributed by atoms with Gasteiger partial charge in [-0.05, 0) is 12.5 Å². The molecule has 0 aromatic heterocycles. The first kappa shape index (κ1) is 8.19. The zero-order chi connectivity index (χ0) is 7.61. The lowest BCUT2D eigenvalue weighted by Crippen LogP contribution is -2.32. The summed E-state index contributed by atoms with van der Waals surface area (Å²) >= 11 is 0. The Bertz CT molecular complexity index is 193. The van der Waals surface area contributed by atoms with Crippen LogP contribution in [0.4, 0.5) is 0 Å². The summed E-state index contributed by atoms with van der Waals surface area (Å²) in [5.74, 6) is 0. The topological polar surface area (TPSA) is 63.6 Å². The van der Waals surface area contributed by atoms with E-state index in [4.69, 9.17) is 8.98 Å². The Kier molecular flexibility index (Phi) is 2.45. The van der Waals surface area contributed by atoms with Crippen molar-refractivity contribution in [1.29, 1.82) is 0 Å². The average molecular weight is 182 g/mol. The Morgan fingerprint density at radius 3 is 2.40 bits per heavy atom. The van der Waals surface area contributed by atoms with E-state index < -0.39 is 17.8 Å². The van der Waals surface area contributed by atoms with Crippen molar-refractivity contribution >= 4 is 17.8 Å². The minimum absolute atomic E-state index is 0.497. The normalized spacial score (nSPS) is 28.3. The van der Waals surface area contributed by atoms with Crippen LogP contribution in [-0.4, -0.2) is 27.8 Å². The lowest BCUT2D eigenvalue weighted by Gasteiger charge is -2.17. The number of hydrogen-bond donors (Lipinski definition) is 1. The van der Waals surface area contributed by atoms with Crippen LogP contribution >= 0.6 is 0 Å². The minimum Gasteiger partial charge on any atom is -0.404 e. The second-order valence-corrected chi connectivity index (χ2v) is 8.48. The molecule has 6 heteroatoms. The molecule has 1 rings (SSSR count). The van der Waals surface area contributed by atoms with Crippen LogP contribution in [0.5, 0.6) is 0 Å². The lowest BCUT2D eigenvalue weighted by molar-refractivity contribution is 0.294. The van der Waals surface area contributed by atoms with Gasteiger partial charge in [0.05, 0.1) is 0 Å². The van der Waals surface area contributed by atoms with Gasteiger partial charge in [-0.2, -0.15) is 0 Å². The van der Waals surface area contributed by atoms with E-state index in [1.165, 1.54) is 0 Å². The maximum atomic E-state index is 10.5. The molecule has 1 atom stereocenters. The monoisotopic (exact) mass is 182 g/mol. The number of hydrogen-bond acceptors (Lipinski definition) is 3. The van der Waals surface area contributed by atoms with E-state index in [0.29, 0.717) is 12.7 Å². The molecule has 1 saturated heterocycles. The van der Waals surface area contributed by atoms with Gasteiger partial charge in [0.1, 0.15) is 0 Å². The molecule has 0 radical (unpaired) electrons. The van der Waals surface area contributed by atoms with Crippen LogP contribution in [0.15, 0.2) is 0 Å². The van der Waals surface area contributed by atoms with Crippen LogP contribution in [-0.2, 0) is 14.0 Å². The van der Waals surface area contributed by atoms with Crippen LogP contribution in [0.3, 0.4) is 0 Å². The second kappa shape index (κ2) is 2.99. The molecular formula is C4H10O4SSi. The largest absolute Gasteiger partial charge is 0.404 e. The molecule has 1 aliphatic heterocycles. The number of rotatable bonds is 1. The van der Waals surface area contributed by atoms with Crippen LogP contribution < -0.4 is 0 Å². The predicted molar refractivity (Wildman–Crippen MR) is 38.7 cm³/mol. The third kappa shape index (κ3) is 2.05. The molecule has 0 aromatic carbocycles. The van der Waals surface area contributed by atoms with Gasteiger partial charge < -0.3 is 4.43 Å². The van der Waals surface area contributed by atoms with Crippen molar-refractivity contribution in [3.63, 3.8) is 0 Å². The molecule has 1 heterocycles. The SMILES string of the molecule is O=S(=O)(O)[SiH]1CCCCO1. The highest BCUT2D eigenvalue weighted by molar-refractivity contribution is 8.13. The van der Waals surface area contributed by atoms with Crippen molar-refractivity contribution in [2.45, 2.75) is 18.9 Å².